The van der Waals surface area contributed by atoms with Gasteiger partial charge in [-0.15, -0.1) is 11.3 Å². The van der Waals surface area contributed by atoms with Crippen LogP contribution >= 0.6 is 11.3 Å². The van der Waals surface area contributed by atoms with Crippen LogP contribution in [0.1, 0.15) is 23.8 Å². The molecule has 6 heteroatoms. The Morgan fingerprint density at radius 3 is 2.92 bits per heavy atom. The summed E-state index contributed by atoms with van der Waals surface area (Å²) in [5, 5.41) is 3.43. The minimum absolute atomic E-state index is 0.0726. The van der Waals surface area contributed by atoms with Crippen molar-refractivity contribution >= 4 is 22.4 Å². The molecule has 1 saturated heterocycles. The number of carbonyl (C=O) groups is 1. The maximum atomic E-state index is 11.1. The van der Waals surface area contributed by atoms with Crippen LogP contribution in [-0.4, -0.2) is 36.0 Å². The van der Waals surface area contributed by atoms with Crippen LogP contribution in [-0.2, 0) is 17.8 Å². The van der Waals surface area contributed by atoms with Gasteiger partial charge in [0.1, 0.15) is 5.75 Å². The predicted molar refractivity (Wildman–Crippen MR) is 96.5 cm³/mol. The van der Waals surface area contributed by atoms with E-state index in [4.69, 9.17) is 4.74 Å². The SMILES string of the molecule is COc1ccc(C[C@H]2CCN(Cc3cnc(NC(C)=O)s3)C2)cc1. The summed E-state index contributed by atoms with van der Waals surface area (Å²) in [4.78, 5) is 19.0. The molecule has 0 spiro atoms. The van der Waals surface area contributed by atoms with Gasteiger partial charge in [0.15, 0.2) is 5.13 Å². The zero-order valence-electron chi connectivity index (χ0n) is 14.1. The van der Waals surface area contributed by atoms with Gasteiger partial charge in [0.2, 0.25) is 5.91 Å². The molecule has 24 heavy (non-hydrogen) atoms. The van der Waals surface area contributed by atoms with E-state index in [2.05, 4.69) is 27.3 Å². The molecular formula is C18H23N3O2S. The summed E-state index contributed by atoms with van der Waals surface area (Å²) in [6.45, 7) is 4.65. The molecule has 0 unspecified atom stereocenters. The van der Waals surface area contributed by atoms with E-state index < -0.39 is 0 Å². The van der Waals surface area contributed by atoms with Crippen LogP contribution in [0.25, 0.3) is 0 Å². The second-order valence-electron chi connectivity index (χ2n) is 6.25. The lowest BCUT2D eigenvalue weighted by Gasteiger charge is -2.15. The minimum Gasteiger partial charge on any atom is -0.497 e. The van der Waals surface area contributed by atoms with Crippen molar-refractivity contribution in [3.05, 3.63) is 40.9 Å². The highest BCUT2D eigenvalue weighted by molar-refractivity contribution is 7.15. The normalized spacial score (nSPS) is 17.8. The Morgan fingerprint density at radius 2 is 2.21 bits per heavy atom. The summed E-state index contributed by atoms with van der Waals surface area (Å²) in [7, 11) is 1.70. The van der Waals surface area contributed by atoms with E-state index in [9.17, 15) is 4.79 Å². The van der Waals surface area contributed by atoms with Crippen LogP contribution in [0, 0.1) is 5.92 Å². The molecular weight excluding hydrogens is 322 g/mol. The summed E-state index contributed by atoms with van der Waals surface area (Å²) in [5.41, 5.74) is 1.37. The molecule has 1 amide bonds. The summed E-state index contributed by atoms with van der Waals surface area (Å²) in [6.07, 6.45) is 4.20. The van der Waals surface area contributed by atoms with Crippen molar-refractivity contribution in [2.45, 2.75) is 26.3 Å². The Bertz CT molecular complexity index is 684. The number of thiazole rings is 1. The third kappa shape index (κ3) is 4.55. The fourth-order valence-corrected chi connectivity index (χ4v) is 4.03. The Kier molecular flexibility index (Phi) is 5.48. The number of aromatic nitrogens is 1. The topological polar surface area (TPSA) is 54.5 Å². The van der Waals surface area contributed by atoms with Gasteiger partial charge in [0.05, 0.1) is 7.11 Å². The summed E-state index contributed by atoms with van der Waals surface area (Å²) in [5.74, 6) is 1.53. The van der Waals surface area contributed by atoms with Crippen molar-refractivity contribution in [3.63, 3.8) is 0 Å². The van der Waals surface area contributed by atoms with E-state index in [1.165, 1.54) is 23.8 Å². The smallest absolute Gasteiger partial charge is 0.223 e. The Morgan fingerprint density at radius 1 is 1.42 bits per heavy atom. The standard InChI is InChI=1S/C18H23N3O2S/c1-13(22)20-18-19-10-17(24-18)12-21-8-7-15(11-21)9-14-3-5-16(23-2)6-4-14/h3-6,10,15H,7-9,11-12H2,1-2H3,(H,19,20,22)/t15-/m1/s1. The van der Waals surface area contributed by atoms with E-state index in [-0.39, 0.29) is 5.91 Å². The second kappa shape index (κ2) is 7.77. The number of carbonyl (C=O) groups excluding carboxylic acids is 1. The maximum absolute atomic E-state index is 11.1. The lowest BCUT2D eigenvalue weighted by Crippen LogP contribution is -2.20. The molecule has 1 atom stereocenters. The fourth-order valence-electron chi connectivity index (χ4n) is 3.13. The number of methoxy groups -OCH3 is 1. The molecule has 5 nitrogen and oxygen atoms in total. The average molecular weight is 345 g/mol. The van der Waals surface area contributed by atoms with Crippen LogP contribution in [0.3, 0.4) is 0 Å². The highest BCUT2D eigenvalue weighted by Gasteiger charge is 2.23. The number of benzene rings is 1. The van der Waals surface area contributed by atoms with Crippen LogP contribution in [0.4, 0.5) is 5.13 Å². The van der Waals surface area contributed by atoms with Crippen molar-refractivity contribution in [1.29, 1.82) is 0 Å². The largest absolute Gasteiger partial charge is 0.497 e. The van der Waals surface area contributed by atoms with Gasteiger partial charge in [-0.3, -0.25) is 9.69 Å². The number of hydrogen-bond acceptors (Lipinski definition) is 5. The first-order valence-corrected chi connectivity index (χ1v) is 9.01. The van der Waals surface area contributed by atoms with Crippen LogP contribution < -0.4 is 10.1 Å². The van der Waals surface area contributed by atoms with E-state index in [0.717, 1.165) is 31.8 Å². The number of rotatable bonds is 6. The monoisotopic (exact) mass is 345 g/mol. The first kappa shape index (κ1) is 16.9. The number of anilines is 1. The number of likely N-dealkylation sites (tertiary alicyclic amines) is 1. The van der Waals surface area contributed by atoms with E-state index in [0.29, 0.717) is 11.0 Å². The maximum Gasteiger partial charge on any atom is 0.223 e. The Hall–Kier alpha value is -1.92. The van der Waals surface area contributed by atoms with Gasteiger partial charge in [-0.05, 0) is 43.0 Å². The summed E-state index contributed by atoms with van der Waals surface area (Å²) < 4.78 is 5.21. The molecule has 0 aliphatic carbocycles. The molecule has 0 saturated carbocycles. The van der Waals surface area contributed by atoms with Crippen molar-refractivity contribution < 1.29 is 9.53 Å². The summed E-state index contributed by atoms with van der Waals surface area (Å²) in [6, 6.07) is 8.38. The van der Waals surface area contributed by atoms with E-state index in [1.54, 1.807) is 18.4 Å². The molecule has 1 aliphatic rings. The van der Waals surface area contributed by atoms with Crippen molar-refractivity contribution in [2.75, 3.05) is 25.5 Å². The number of hydrogen-bond donors (Lipinski definition) is 1. The molecule has 1 fully saturated rings. The predicted octanol–water partition coefficient (Wildman–Crippen LogP) is 3.17. The average Bonchev–Trinajstić information content (AvgIpc) is 3.17. The van der Waals surface area contributed by atoms with Crippen LogP contribution in [0.5, 0.6) is 5.75 Å². The first-order valence-electron chi connectivity index (χ1n) is 8.20. The lowest BCUT2D eigenvalue weighted by atomic mass is 9.99. The van der Waals surface area contributed by atoms with Crippen molar-refractivity contribution in [1.82, 2.24) is 9.88 Å². The van der Waals surface area contributed by atoms with Gasteiger partial charge in [-0.2, -0.15) is 0 Å². The molecule has 1 N–H and O–H groups in total. The van der Waals surface area contributed by atoms with Gasteiger partial charge < -0.3 is 10.1 Å². The van der Waals surface area contributed by atoms with Crippen LogP contribution in [0.15, 0.2) is 30.5 Å². The Labute approximate surface area is 146 Å². The van der Waals surface area contributed by atoms with Crippen LogP contribution in [0.2, 0.25) is 0 Å². The zero-order valence-corrected chi connectivity index (χ0v) is 14.9. The van der Waals surface area contributed by atoms with E-state index >= 15 is 0 Å². The number of nitrogens with zero attached hydrogens (tertiary/aromatic N) is 2. The number of nitrogens with one attached hydrogen (secondary N) is 1. The zero-order chi connectivity index (χ0) is 16.9. The van der Waals surface area contributed by atoms with Gasteiger partial charge in [-0.1, -0.05) is 12.1 Å². The lowest BCUT2D eigenvalue weighted by molar-refractivity contribution is -0.114. The number of amides is 1. The molecule has 128 valence electrons. The van der Waals surface area contributed by atoms with Gasteiger partial charge >= 0.3 is 0 Å². The molecule has 0 radical (unpaired) electrons. The van der Waals surface area contributed by atoms with E-state index in [1.807, 2.05) is 18.3 Å². The highest BCUT2D eigenvalue weighted by atomic mass is 32.1. The van der Waals surface area contributed by atoms with Crippen molar-refractivity contribution in [2.24, 2.45) is 5.92 Å². The number of ether oxygens (including phenoxy) is 1. The quantitative estimate of drug-likeness (QED) is 0.874. The second-order valence-corrected chi connectivity index (χ2v) is 7.37. The third-order valence-corrected chi connectivity index (χ3v) is 5.17. The molecule has 1 aliphatic heterocycles. The van der Waals surface area contributed by atoms with Gasteiger partial charge in [0.25, 0.3) is 0 Å². The molecule has 2 heterocycles. The molecule has 0 bridgehead atoms. The molecule has 3 rings (SSSR count). The first-order chi connectivity index (χ1) is 11.6. The highest BCUT2D eigenvalue weighted by Crippen LogP contribution is 2.26. The Balaban J connectivity index is 1.49. The molecule has 2 aromatic rings. The molecule has 1 aromatic heterocycles. The van der Waals surface area contributed by atoms with Crippen molar-refractivity contribution in [3.8, 4) is 5.75 Å². The van der Waals surface area contributed by atoms with Gasteiger partial charge in [0, 0.05) is 31.1 Å². The third-order valence-electron chi connectivity index (χ3n) is 4.27. The summed E-state index contributed by atoms with van der Waals surface area (Å²) >= 11 is 1.56. The fraction of sp³-hybridized carbons (Fsp3) is 0.444. The van der Waals surface area contributed by atoms with Gasteiger partial charge in [-0.25, -0.2) is 4.98 Å². The minimum atomic E-state index is -0.0726. The molecule has 1 aromatic carbocycles.